The van der Waals surface area contributed by atoms with E-state index in [9.17, 15) is 10.0 Å². The summed E-state index contributed by atoms with van der Waals surface area (Å²) in [6.45, 7) is 5.09. The van der Waals surface area contributed by atoms with Crippen molar-refractivity contribution in [2.75, 3.05) is 26.7 Å². The number of carbonyl (C=O) groups excluding carboxylic acids is 1. The van der Waals surface area contributed by atoms with Crippen LogP contribution in [0.3, 0.4) is 0 Å². The molecule has 1 saturated heterocycles. The summed E-state index contributed by atoms with van der Waals surface area (Å²) in [4.78, 5) is 11.3. The highest BCUT2D eigenvalue weighted by atomic mass is 16.5. The monoisotopic (exact) mass is 213 g/mol. The van der Waals surface area contributed by atoms with Gasteiger partial charge in [-0.05, 0) is 13.8 Å². The Bertz CT molecular complexity index is 271. The van der Waals surface area contributed by atoms with Crippen LogP contribution >= 0.6 is 0 Å². The number of hydrogen-bond acceptors (Lipinski definition) is 3. The first kappa shape index (κ1) is 12.2. The molecule has 1 aliphatic rings. The SMILES string of the molecule is C/C=C(\C)C(=O)OC[C@H]1CC[N+](C)([O-])C1. The fraction of sp³-hybridized carbons (Fsp3) is 0.727. The fourth-order valence-corrected chi connectivity index (χ4v) is 1.75. The third-order valence-electron chi connectivity index (χ3n) is 2.86. The van der Waals surface area contributed by atoms with Crippen molar-refractivity contribution in [2.45, 2.75) is 20.3 Å². The molecule has 0 N–H and O–H groups in total. The summed E-state index contributed by atoms with van der Waals surface area (Å²) in [7, 11) is 1.67. The smallest absolute Gasteiger partial charge is 0.333 e. The fourth-order valence-electron chi connectivity index (χ4n) is 1.75. The van der Waals surface area contributed by atoms with Crippen molar-refractivity contribution in [1.82, 2.24) is 0 Å². The van der Waals surface area contributed by atoms with E-state index in [1.165, 1.54) is 0 Å². The third-order valence-corrected chi connectivity index (χ3v) is 2.86. The first-order valence-electron chi connectivity index (χ1n) is 5.30. The quantitative estimate of drug-likeness (QED) is 0.308. The van der Waals surface area contributed by atoms with Crippen molar-refractivity contribution in [3.05, 3.63) is 16.9 Å². The van der Waals surface area contributed by atoms with E-state index in [-0.39, 0.29) is 16.5 Å². The molecule has 2 atom stereocenters. The number of likely N-dealkylation sites (tertiary alicyclic amines) is 1. The molecule has 1 rings (SSSR count). The van der Waals surface area contributed by atoms with Gasteiger partial charge in [0.25, 0.3) is 0 Å². The van der Waals surface area contributed by atoms with Gasteiger partial charge >= 0.3 is 5.97 Å². The lowest BCUT2D eigenvalue weighted by atomic mass is 10.1. The number of nitrogens with zero attached hydrogens (tertiary/aromatic N) is 1. The van der Waals surface area contributed by atoms with E-state index in [1.54, 1.807) is 27.0 Å². The highest BCUT2D eigenvalue weighted by molar-refractivity contribution is 5.87. The van der Waals surface area contributed by atoms with Gasteiger partial charge in [-0.15, -0.1) is 0 Å². The number of rotatable bonds is 3. The zero-order chi connectivity index (χ0) is 11.5. The van der Waals surface area contributed by atoms with Crippen LogP contribution in [-0.4, -0.2) is 37.4 Å². The minimum Gasteiger partial charge on any atom is -0.633 e. The predicted octanol–water partition coefficient (Wildman–Crippen LogP) is 1.46. The van der Waals surface area contributed by atoms with Crippen LogP contribution in [0.1, 0.15) is 20.3 Å². The second-order valence-corrected chi connectivity index (χ2v) is 4.43. The van der Waals surface area contributed by atoms with E-state index in [4.69, 9.17) is 4.74 Å². The van der Waals surface area contributed by atoms with Gasteiger partial charge in [0.2, 0.25) is 0 Å². The predicted molar refractivity (Wildman–Crippen MR) is 57.8 cm³/mol. The molecule has 0 aliphatic carbocycles. The first-order valence-corrected chi connectivity index (χ1v) is 5.30. The van der Waals surface area contributed by atoms with Crippen LogP contribution in [0.25, 0.3) is 0 Å². The van der Waals surface area contributed by atoms with Crippen LogP contribution in [0.5, 0.6) is 0 Å². The molecule has 4 heteroatoms. The number of hydroxylamine groups is 3. The minimum absolute atomic E-state index is 0.204. The molecule has 1 unspecified atom stereocenters. The Morgan fingerprint density at radius 3 is 2.80 bits per heavy atom. The van der Waals surface area contributed by atoms with Crippen molar-refractivity contribution in [2.24, 2.45) is 5.92 Å². The van der Waals surface area contributed by atoms with Gasteiger partial charge in [-0.1, -0.05) is 6.08 Å². The van der Waals surface area contributed by atoms with Gasteiger partial charge in [-0.25, -0.2) is 4.79 Å². The van der Waals surface area contributed by atoms with Gasteiger partial charge in [0.1, 0.15) is 6.61 Å². The molecule has 0 spiro atoms. The van der Waals surface area contributed by atoms with Gasteiger partial charge in [0.15, 0.2) is 0 Å². The third kappa shape index (κ3) is 3.64. The van der Waals surface area contributed by atoms with Crippen LogP contribution in [0, 0.1) is 11.1 Å². The molecule has 0 radical (unpaired) electrons. The minimum atomic E-state index is -0.274. The Morgan fingerprint density at radius 2 is 2.33 bits per heavy atom. The molecule has 1 heterocycles. The second-order valence-electron chi connectivity index (χ2n) is 4.43. The zero-order valence-electron chi connectivity index (χ0n) is 9.66. The molecule has 15 heavy (non-hydrogen) atoms. The molecule has 0 aromatic heterocycles. The average Bonchev–Trinajstić information content (AvgIpc) is 2.53. The Hall–Kier alpha value is -0.870. The highest BCUT2D eigenvalue weighted by Gasteiger charge is 2.28. The van der Waals surface area contributed by atoms with E-state index in [1.807, 2.05) is 0 Å². The van der Waals surface area contributed by atoms with E-state index < -0.39 is 0 Å². The molecule has 0 saturated carbocycles. The van der Waals surface area contributed by atoms with Crippen molar-refractivity contribution in [3.8, 4) is 0 Å². The number of allylic oxidation sites excluding steroid dienone is 1. The van der Waals surface area contributed by atoms with Crippen molar-refractivity contribution < 1.29 is 14.2 Å². The Kier molecular flexibility index (Phi) is 3.88. The van der Waals surface area contributed by atoms with Crippen molar-refractivity contribution in [1.29, 1.82) is 0 Å². The van der Waals surface area contributed by atoms with Crippen LogP contribution in [-0.2, 0) is 9.53 Å². The van der Waals surface area contributed by atoms with Crippen LogP contribution in [0.4, 0.5) is 0 Å². The summed E-state index contributed by atoms with van der Waals surface area (Å²) < 4.78 is 4.91. The maximum absolute atomic E-state index is 11.5. The standard InChI is InChI=1S/C11H19NO3/c1-4-9(2)11(13)15-8-10-5-6-12(3,14)7-10/h4,10H,5-8H2,1-3H3/b9-4+/t10-,12?/m0/s1. The summed E-state index contributed by atoms with van der Waals surface area (Å²) in [6.07, 6.45) is 2.58. The molecule has 0 amide bonds. The lowest BCUT2D eigenvalue weighted by Gasteiger charge is -2.33. The van der Waals surface area contributed by atoms with Crippen LogP contribution in [0.2, 0.25) is 0 Å². The number of esters is 1. The van der Waals surface area contributed by atoms with Gasteiger partial charge < -0.3 is 14.6 Å². The number of ether oxygens (including phenoxy) is 1. The molecular weight excluding hydrogens is 194 g/mol. The van der Waals surface area contributed by atoms with E-state index in [2.05, 4.69) is 0 Å². The van der Waals surface area contributed by atoms with E-state index in [0.717, 1.165) is 6.42 Å². The summed E-state index contributed by atoms with van der Waals surface area (Å²) in [5, 5.41) is 11.5. The summed E-state index contributed by atoms with van der Waals surface area (Å²) in [5.74, 6) is -0.0504. The molecule has 0 bridgehead atoms. The first-order chi connectivity index (χ1) is 6.94. The summed E-state index contributed by atoms with van der Waals surface area (Å²) in [5.41, 5.74) is 0.618. The lowest BCUT2D eigenvalue weighted by Crippen LogP contribution is -2.34. The molecular formula is C11H19NO3. The Labute approximate surface area is 90.7 Å². The van der Waals surface area contributed by atoms with Crippen molar-refractivity contribution in [3.63, 3.8) is 0 Å². The molecule has 86 valence electrons. The normalized spacial score (nSPS) is 31.7. The zero-order valence-corrected chi connectivity index (χ0v) is 9.66. The molecule has 0 aromatic carbocycles. The molecule has 4 nitrogen and oxygen atoms in total. The molecule has 0 aromatic rings. The Balaban J connectivity index is 2.30. The van der Waals surface area contributed by atoms with Crippen LogP contribution < -0.4 is 0 Å². The largest absolute Gasteiger partial charge is 0.633 e. The van der Waals surface area contributed by atoms with Gasteiger partial charge in [-0.3, -0.25) is 0 Å². The maximum Gasteiger partial charge on any atom is 0.333 e. The van der Waals surface area contributed by atoms with E-state index >= 15 is 0 Å². The summed E-state index contributed by atoms with van der Waals surface area (Å²) in [6, 6.07) is 0. The van der Waals surface area contributed by atoms with Gasteiger partial charge in [0, 0.05) is 17.9 Å². The van der Waals surface area contributed by atoms with Crippen molar-refractivity contribution >= 4 is 5.97 Å². The lowest BCUT2D eigenvalue weighted by molar-refractivity contribution is -0.849. The number of quaternary nitrogens is 1. The number of hydrogen-bond donors (Lipinski definition) is 0. The highest BCUT2D eigenvalue weighted by Crippen LogP contribution is 2.21. The van der Waals surface area contributed by atoms with E-state index in [0.29, 0.717) is 25.3 Å². The summed E-state index contributed by atoms with van der Waals surface area (Å²) >= 11 is 0. The molecule has 1 fully saturated rings. The average molecular weight is 213 g/mol. The molecule has 1 aliphatic heterocycles. The van der Waals surface area contributed by atoms with Crippen LogP contribution in [0.15, 0.2) is 11.6 Å². The van der Waals surface area contributed by atoms with Gasteiger partial charge in [0.05, 0.1) is 20.1 Å². The Morgan fingerprint density at radius 1 is 1.67 bits per heavy atom. The topological polar surface area (TPSA) is 49.4 Å². The number of carbonyl (C=O) groups is 1. The maximum atomic E-state index is 11.5. The second kappa shape index (κ2) is 4.77. The van der Waals surface area contributed by atoms with Gasteiger partial charge in [-0.2, -0.15) is 0 Å².